The number of nitrogens with one attached hydrogen (secondary N) is 1. The third-order valence-electron chi connectivity index (χ3n) is 3.60. The maximum Gasteiger partial charge on any atom is 1.00 e. The number of β-lactam (4-membered cyclic amide) rings is 1. The van der Waals surface area contributed by atoms with Gasteiger partial charge in [-0.1, -0.05) is 0 Å². The van der Waals surface area contributed by atoms with E-state index in [1.165, 1.54) is 35.3 Å². The van der Waals surface area contributed by atoms with Crippen molar-refractivity contribution in [2.75, 3.05) is 12.8 Å². The molecule has 2 heterocycles. The number of amides is 2. The molecule has 7 nitrogen and oxygen atoms in total. The summed E-state index contributed by atoms with van der Waals surface area (Å²) < 4.78 is -0.377. The van der Waals surface area contributed by atoms with E-state index in [0.29, 0.717) is 5.75 Å². The monoisotopic (exact) mass is 356 g/mol. The van der Waals surface area contributed by atoms with Gasteiger partial charge in [0.05, 0.1) is 34.0 Å². The van der Waals surface area contributed by atoms with E-state index in [4.69, 9.17) is 0 Å². The molecule has 0 bridgehead atoms. The Bertz CT molecular complexity index is 465. The maximum atomic E-state index is 12.0. The van der Waals surface area contributed by atoms with Gasteiger partial charge in [0.15, 0.2) is 0 Å². The van der Waals surface area contributed by atoms with Crippen LogP contribution in [0.3, 0.4) is 0 Å². The first-order valence-electron chi connectivity index (χ1n) is 6.57. The molecule has 2 aliphatic rings. The van der Waals surface area contributed by atoms with Gasteiger partial charge < -0.3 is 25.2 Å². The number of aliphatic carboxylic acids is 1. The average molecular weight is 356 g/mol. The second kappa shape index (κ2) is 8.25. The van der Waals surface area contributed by atoms with E-state index in [1.807, 2.05) is 0 Å². The Hall–Kier alpha value is 0.0700. The van der Waals surface area contributed by atoms with Crippen molar-refractivity contribution in [3.8, 4) is 0 Å². The van der Waals surface area contributed by atoms with Crippen molar-refractivity contribution in [3.63, 3.8) is 0 Å². The summed E-state index contributed by atoms with van der Waals surface area (Å²) in [5.74, 6) is -1.83. The number of thioether (sulfide) groups is 2. The van der Waals surface area contributed by atoms with Gasteiger partial charge in [-0.05, 0) is 6.92 Å². The van der Waals surface area contributed by atoms with E-state index < -0.39 is 24.0 Å². The topological polar surface area (TPSA) is 110 Å². The van der Waals surface area contributed by atoms with E-state index in [2.05, 4.69) is 5.32 Å². The number of hydrogen-bond acceptors (Lipinski definition) is 7. The molecule has 0 saturated carbocycles. The molecule has 0 aromatic heterocycles. The zero-order valence-corrected chi connectivity index (χ0v) is 16.3. The molecule has 2 N–H and O–H groups in total. The molecule has 0 spiro atoms. The molecule has 0 aliphatic carbocycles. The Morgan fingerprint density at radius 3 is 2.68 bits per heavy atom. The smallest absolute Gasteiger partial charge is 0.548 e. The van der Waals surface area contributed by atoms with Crippen molar-refractivity contribution in [2.45, 2.75) is 35.4 Å². The van der Waals surface area contributed by atoms with Crippen LogP contribution in [0.15, 0.2) is 0 Å². The molecule has 2 fully saturated rings. The van der Waals surface area contributed by atoms with Gasteiger partial charge in [0.2, 0.25) is 11.8 Å². The third kappa shape index (κ3) is 3.76. The van der Waals surface area contributed by atoms with Gasteiger partial charge in [0, 0.05) is 19.2 Å². The predicted molar refractivity (Wildman–Crippen MR) is 77.1 cm³/mol. The van der Waals surface area contributed by atoms with Crippen LogP contribution in [-0.4, -0.2) is 62.7 Å². The zero-order chi connectivity index (χ0) is 15.7. The number of carbonyl (C=O) groups is 3. The van der Waals surface area contributed by atoms with E-state index in [1.54, 1.807) is 7.05 Å². The van der Waals surface area contributed by atoms with Crippen molar-refractivity contribution in [1.82, 2.24) is 10.2 Å². The van der Waals surface area contributed by atoms with Crippen LogP contribution in [0.25, 0.3) is 0 Å². The second-order valence-corrected chi connectivity index (χ2v) is 7.78. The number of nitrogens with zero attached hydrogens (tertiary/aromatic N) is 1. The Balaban J connectivity index is 0.00000242. The van der Waals surface area contributed by atoms with Crippen LogP contribution in [0.1, 0.15) is 13.3 Å². The Labute approximate surface area is 159 Å². The first-order chi connectivity index (χ1) is 9.88. The van der Waals surface area contributed by atoms with Crippen LogP contribution in [0.2, 0.25) is 0 Å². The van der Waals surface area contributed by atoms with Crippen molar-refractivity contribution in [2.24, 2.45) is 5.92 Å². The summed E-state index contributed by atoms with van der Waals surface area (Å²) in [6.45, 7) is 1.53. The summed E-state index contributed by atoms with van der Waals surface area (Å²) in [6, 6.07) is -1.00. The normalized spacial score (nSPS) is 30.9. The van der Waals surface area contributed by atoms with Gasteiger partial charge in [0.1, 0.15) is 0 Å². The Morgan fingerprint density at radius 2 is 2.18 bits per heavy atom. The van der Waals surface area contributed by atoms with Crippen LogP contribution in [-0.2, 0) is 14.4 Å². The number of carbonyl (C=O) groups excluding carboxylic acids is 3. The maximum absolute atomic E-state index is 12.0. The molecular formula is C12H17N2NaO5S2. The summed E-state index contributed by atoms with van der Waals surface area (Å²) in [4.78, 5) is 35.7. The number of fused-ring (bicyclic) bond motifs is 1. The quantitative estimate of drug-likeness (QED) is 0.363. The minimum Gasteiger partial charge on any atom is -0.548 e. The second-order valence-electron chi connectivity index (χ2n) is 4.96. The fraction of sp³-hybridized carbons (Fsp3) is 0.750. The van der Waals surface area contributed by atoms with E-state index in [9.17, 15) is 24.6 Å². The molecular weight excluding hydrogens is 339 g/mol. The Kier molecular flexibility index (Phi) is 7.55. The van der Waals surface area contributed by atoms with E-state index >= 15 is 0 Å². The number of aliphatic hydroxyl groups excluding tert-OH is 1. The minimum absolute atomic E-state index is 0. The Morgan fingerprint density at radius 1 is 1.55 bits per heavy atom. The SMILES string of the molecule is CNC(=O)CCS[C@@H]1S[C@@H]2[C@H](C(C)O)C(=O)N2[C@@H]1C(=O)[O-].[Na+]. The summed E-state index contributed by atoms with van der Waals surface area (Å²) >= 11 is 2.69. The summed E-state index contributed by atoms with van der Waals surface area (Å²) in [6.07, 6.45) is -0.514. The fourth-order valence-corrected chi connectivity index (χ4v) is 5.94. The molecule has 0 aromatic rings. The molecule has 2 rings (SSSR count). The van der Waals surface area contributed by atoms with Crippen LogP contribution < -0.4 is 40.0 Å². The van der Waals surface area contributed by atoms with Crippen molar-refractivity contribution >= 4 is 41.3 Å². The summed E-state index contributed by atoms with van der Waals surface area (Å²) in [7, 11) is 1.54. The predicted octanol–water partition coefficient (Wildman–Crippen LogP) is -4.78. The summed E-state index contributed by atoms with van der Waals surface area (Å²) in [5.41, 5.74) is 0. The molecule has 118 valence electrons. The van der Waals surface area contributed by atoms with Gasteiger partial charge in [-0.3, -0.25) is 9.59 Å². The molecule has 0 radical (unpaired) electrons. The minimum atomic E-state index is -1.29. The van der Waals surface area contributed by atoms with Crippen molar-refractivity contribution in [1.29, 1.82) is 0 Å². The average Bonchev–Trinajstić information content (AvgIpc) is 2.72. The van der Waals surface area contributed by atoms with Crippen molar-refractivity contribution in [3.05, 3.63) is 0 Å². The van der Waals surface area contributed by atoms with Gasteiger partial charge >= 0.3 is 29.6 Å². The van der Waals surface area contributed by atoms with Gasteiger partial charge in [-0.25, -0.2) is 0 Å². The van der Waals surface area contributed by atoms with E-state index in [0.717, 1.165) is 0 Å². The number of rotatable bonds is 6. The molecule has 5 atom stereocenters. The molecule has 2 amide bonds. The number of carboxylic acids is 1. The first-order valence-corrected chi connectivity index (χ1v) is 8.56. The van der Waals surface area contributed by atoms with E-state index in [-0.39, 0.29) is 57.7 Å². The van der Waals surface area contributed by atoms with Crippen molar-refractivity contribution < 1.29 is 54.2 Å². The van der Waals surface area contributed by atoms with Crippen LogP contribution in [0, 0.1) is 5.92 Å². The zero-order valence-electron chi connectivity index (χ0n) is 12.6. The van der Waals surface area contributed by atoms with Gasteiger partial charge in [0.25, 0.3) is 0 Å². The van der Waals surface area contributed by atoms with Crippen LogP contribution in [0.5, 0.6) is 0 Å². The van der Waals surface area contributed by atoms with Gasteiger partial charge in [-0.15, -0.1) is 23.5 Å². The number of hydrogen-bond donors (Lipinski definition) is 2. The fourth-order valence-electron chi connectivity index (χ4n) is 2.49. The number of carboxylic acid groups (broad SMARTS) is 1. The molecule has 10 heteroatoms. The van der Waals surface area contributed by atoms with Crippen LogP contribution in [0.4, 0.5) is 0 Å². The molecule has 2 aliphatic heterocycles. The largest absolute Gasteiger partial charge is 1.00 e. The molecule has 0 aromatic carbocycles. The first kappa shape index (κ1) is 20.1. The molecule has 2 saturated heterocycles. The standard InChI is InChI=1S/C12H18N2O5S2.Na/c1-5(15)7-9(17)14-8(11(18)19)12(21-10(7)14)20-4-3-6(16)13-2;/h5,7-8,10,12,15H,3-4H2,1-2H3,(H,13,16)(H,18,19);/q;+1/p-1/t5?,7-,8-,10-,12-;/m1./s1. The molecule has 22 heavy (non-hydrogen) atoms. The van der Waals surface area contributed by atoms with Crippen LogP contribution >= 0.6 is 23.5 Å². The third-order valence-corrected chi connectivity index (χ3v) is 6.70. The van der Waals surface area contributed by atoms with Gasteiger partial charge in [-0.2, -0.15) is 0 Å². The molecule has 1 unspecified atom stereocenters. The number of aliphatic hydroxyl groups is 1. The summed E-state index contributed by atoms with van der Waals surface area (Å²) in [5, 5.41) is 23.1.